The first-order valence-corrected chi connectivity index (χ1v) is 6.89. The maximum Gasteiger partial charge on any atom is 0.262 e. The van der Waals surface area contributed by atoms with Crippen molar-refractivity contribution < 1.29 is 9.53 Å². The first-order chi connectivity index (χ1) is 10.0. The molecule has 4 nitrogen and oxygen atoms in total. The smallest absolute Gasteiger partial charge is 0.262 e. The van der Waals surface area contributed by atoms with Gasteiger partial charge in [-0.3, -0.25) is 4.79 Å². The summed E-state index contributed by atoms with van der Waals surface area (Å²) < 4.78 is 5.49. The summed E-state index contributed by atoms with van der Waals surface area (Å²) in [5, 5.41) is 2.79. The van der Waals surface area contributed by atoms with Gasteiger partial charge in [-0.2, -0.15) is 0 Å². The minimum Gasteiger partial charge on any atom is -0.484 e. The van der Waals surface area contributed by atoms with Crippen LogP contribution in [0.3, 0.4) is 0 Å². The highest BCUT2D eigenvalue weighted by Crippen LogP contribution is 2.17. The van der Waals surface area contributed by atoms with Crippen molar-refractivity contribution in [2.24, 2.45) is 5.73 Å². The molecule has 0 saturated heterocycles. The van der Waals surface area contributed by atoms with Crippen molar-refractivity contribution in [3.63, 3.8) is 0 Å². The fourth-order valence-corrected chi connectivity index (χ4v) is 1.87. The molecular weight excluding hydrogens is 264 g/mol. The summed E-state index contributed by atoms with van der Waals surface area (Å²) in [5.41, 5.74) is 8.71. The molecular formula is C17H20N2O2. The van der Waals surface area contributed by atoms with E-state index in [1.54, 1.807) is 0 Å². The number of nitrogens with two attached hydrogens (primary N) is 1. The van der Waals surface area contributed by atoms with Gasteiger partial charge in [-0.25, -0.2) is 0 Å². The monoisotopic (exact) mass is 284 g/mol. The van der Waals surface area contributed by atoms with Crippen molar-refractivity contribution in [3.8, 4) is 5.75 Å². The van der Waals surface area contributed by atoms with Gasteiger partial charge < -0.3 is 15.8 Å². The SMILES string of the molecule is Cc1ccc(NC(=O)COc2cccc([C@@H](C)N)c2)cc1. The molecule has 4 heteroatoms. The molecule has 0 aliphatic carbocycles. The Morgan fingerprint density at radius 3 is 2.62 bits per heavy atom. The van der Waals surface area contributed by atoms with Crippen LogP contribution in [-0.2, 0) is 4.79 Å². The van der Waals surface area contributed by atoms with Gasteiger partial charge in [-0.15, -0.1) is 0 Å². The Morgan fingerprint density at radius 2 is 1.95 bits per heavy atom. The van der Waals surface area contributed by atoms with E-state index in [9.17, 15) is 4.79 Å². The molecule has 2 aromatic carbocycles. The molecule has 0 aliphatic rings. The number of hydrogen-bond donors (Lipinski definition) is 2. The molecule has 110 valence electrons. The van der Waals surface area contributed by atoms with Crippen LogP contribution in [0.5, 0.6) is 5.75 Å². The molecule has 0 aliphatic heterocycles. The molecule has 1 amide bonds. The van der Waals surface area contributed by atoms with E-state index in [-0.39, 0.29) is 18.6 Å². The van der Waals surface area contributed by atoms with E-state index >= 15 is 0 Å². The normalized spacial score (nSPS) is 11.8. The zero-order chi connectivity index (χ0) is 15.2. The standard InChI is InChI=1S/C17H20N2O2/c1-12-6-8-15(9-7-12)19-17(20)11-21-16-5-3-4-14(10-16)13(2)18/h3-10,13H,11,18H2,1-2H3,(H,19,20)/t13-/m1/s1. The number of benzene rings is 2. The second-order valence-electron chi connectivity index (χ2n) is 5.06. The third-order valence-corrected chi connectivity index (χ3v) is 3.09. The summed E-state index contributed by atoms with van der Waals surface area (Å²) >= 11 is 0. The van der Waals surface area contributed by atoms with E-state index < -0.39 is 0 Å². The Balaban J connectivity index is 1.89. The van der Waals surface area contributed by atoms with Crippen LogP contribution in [0.1, 0.15) is 24.1 Å². The zero-order valence-electron chi connectivity index (χ0n) is 12.3. The number of aryl methyl sites for hydroxylation is 1. The highest BCUT2D eigenvalue weighted by Gasteiger charge is 2.05. The molecule has 1 atom stereocenters. The fraction of sp³-hybridized carbons (Fsp3) is 0.235. The van der Waals surface area contributed by atoms with E-state index in [1.165, 1.54) is 0 Å². The quantitative estimate of drug-likeness (QED) is 0.887. The van der Waals surface area contributed by atoms with Crippen molar-refractivity contribution >= 4 is 11.6 Å². The lowest BCUT2D eigenvalue weighted by atomic mass is 10.1. The maximum atomic E-state index is 11.8. The minimum atomic E-state index is -0.190. The molecule has 2 aromatic rings. The van der Waals surface area contributed by atoms with Gasteiger partial charge in [-0.05, 0) is 43.7 Å². The highest BCUT2D eigenvalue weighted by atomic mass is 16.5. The topological polar surface area (TPSA) is 64.3 Å². The second kappa shape index (κ2) is 6.90. The predicted octanol–water partition coefficient (Wildman–Crippen LogP) is 3.03. The van der Waals surface area contributed by atoms with Gasteiger partial charge in [0.1, 0.15) is 5.75 Å². The molecule has 0 saturated carbocycles. The van der Waals surface area contributed by atoms with E-state index in [2.05, 4.69) is 5.32 Å². The lowest BCUT2D eigenvalue weighted by Crippen LogP contribution is -2.20. The second-order valence-corrected chi connectivity index (χ2v) is 5.06. The molecule has 0 heterocycles. The van der Waals surface area contributed by atoms with Crippen LogP contribution < -0.4 is 15.8 Å². The van der Waals surface area contributed by atoms with Gasteiger partial charge in [0, 0.05) is 11.7 Å². The number of carbonyl (C=O) groups is 1. The van der Waals surface area contributed by atoms with Gasteiger partial charge >= 0.3 is 0 Å². The van der Waals surface area contributed by atoms with Crippen LogP contribution in [0.25, 0.3) is 0 Å². The average Bonchev–Trinajstić information content (AvgIpc) is 2.48. The van der Waals surface area contributed by atoms with Crippen molar-refractivity contribution in [1.29, 1.82) is 0 Å². The number of hydrogen-bond acceptors (Lipinski definition) is 3. The number of nitrogens with one attached hydrogen (secondary N) is 1. The first-order valence-electron chi connectivity index (χ1n) is 6.89. The molecule has 0 spiro atoms. The van der Waals surface area contributed by atoms with Crippen LogP contribution in [0.4, 0.5) is 5.69 Å². The minimum absolute atomic E-state index is 0.0315. The highest BCUT2D eigenvalue weighted by molar-refractivity contribution is 5.91. The Hall–Kier alpha value is -2.33. The van der Waals surface area contributed by atoms with Crippen LogP contribution in [0, 0.1) is 6.92 Å². The molecule has 21 heavy (non-hydrogen) atoms. The Morgan fingerprint density at radius 1 is 1.24 bits per heavy atom. The summed E-state index contributed by atoms with van der Waals surface area (Å²) in [6, 6.07) is 15.0. The summed E-state index contributed by atoms with van der Waals surface area (Å²) in [5.74, 6) is 0.453. The van der Waals surface area contributed by atoms with Gasteiger partial charge in [0.05, 0.1) is 0 Å². The van der Waals surface area contributed by atoms with Gasteiger partial charge in [-0.1, -0.05) is 29.8 Å². The van der Waals surface area contributed by atoms with Crippen LogP contribution >= 0.6 is 0 Å². The van der Waals surface area contributed by atoms with Gasteiger partial charge in [0.25, 0.3) is 5.91 Å². The Kier molecular flexibility index (Phi) is 4.95. The molecule has 0 aromatic heterocycles. The Labute approximate surface area is 124 Å². The summed E-state index contributed by atoms with van der Waals surface area (Å²) in [6.45, 7) is 3.87. The number of carbonyl (C=O) groups excluding carboxylic acids is 1. The number of anilines is 1. The molecule has 0 fully saturated rings. The third kappa shape index (κ3) is 4.61. The third-order valence-electron chi connectivity index (χ3n) is 3.09. The van der Waals surface area contributed by atoms with E-state index in [4.69, 9.17) is 10.5 Å². The van der Waals surface area contributed by atoms with Crippen LogP contribution in [0.2, 0.25) is 0 Å². The molecule has 0 radical (unpaired) electrons. The summed E-state index contributed by atoms with van der Waals surface area (Å²) in [4.78, 5) is 11.8. The van der Waals surface area contributed by atoms with Crippen LogP contribution in [-0.4, -0.2) is 12.5 Å². The van der Waals surface area contributed by atoms with E-state index in [1.807, 2.05) is 62.4 Å². The Bertz CT molecular complexity index is 606. The average molecular weight is 284 g/mol. The maximum absolute atomic E-state index is 11.8. The molecule has 3 N–H and O–H groups in total. The van der Waals surface area contributed by atoms with Gasteiger partial charge in [0.2, 0.25) is 0 Å². The lowest BCUT2D eigenvalue weighted by molar-refractivity contribution is -0.118. The van der Waals surface area contributed by atoms with Crippen molar-refractivity contribution in [3.05, 3.63) is 59.7 Å². The van der Waals surface area contributed by atoms with E-state index in [0.29, 0.717) is 5.75 Å². The zero-order valence-corrected chi connectivity index (χ0v) is 12.3. The first kappa shape index (κ1) is 15.1. The largest absolute Gasteiger partial charge is 0.484 e. The van der Waals surface area contributed by atoms with Crippen LogP contribution in [0.15, 0.2) is 48.5 Å². The fourth-order valence-electron chi connectivity index (χ4n) is 1.87. The van der Waals surface area contributed by atoms with E-state index in [0.717, 1.165) is 16.8 Å². The number of ether oxygens (including phenoxy) is 1. The molecule has 2 rings (SSSR count). The van der Waals surface area contributed by atoms with Crippen molar-refractivity contribution in [2.45, 2.75) is 19.9 Å². The summed E-state index contributed by atoms with van der Waals surface area (Å²) in [6.07, 6.45) is 0. The molecule has 0 unspecified atom stereocenters. The number of rotatable bonds is 5. The predicted molar refractivity (Wildman–Crippen MR) is 84.3 cm³/mol. The van der Waals surface area contributed by atoms with Gasteiger partial charge in [0.15, 0.2) is 6.61 Å². The summed E-state index contributed by atoms with van der Waals surface area (Å²) in [7, 11) is 0. The van der Waals surface area contributed by atoms with Crippen molar-refractivity contribution in [2.75, 3.05) is 11.9 Å². The van der Waals surface area contributed by atoms with Crippen molar-refractivity contribution in [1.82, 2.24) is 0 Å². The molecule has 0 bridgehead atoms. The lowest BCUT2D eigenvalue weighted by Gasteiger charge is -2.10. The number of amides is 1.